The van der Waals surface area contributed by atoms with Crippen LogP contribution in [0, 0.1) is 5.92 Å². The van der Waals surface area contributed by atoms with Crippen LogP contribution >= 0.6 is 27.5 Å². The van der Waals surface area contributed by atoms with Gasteiger partial charge in [0, 0.05) is 6.04 Å². The van der Waals surface area contributed by atoms with Crippen LogP contribution < -0.4 is 10.6 Å². The molecule has 2 atom stereocenters. The van der Waals surface area contributed by atoms with Gasteiger partial charge >= 0.3 is 12.0 Å². The molecule has 7 heteroatoms. The predicted molar refractivity (Wildman–Crippen MR) is 80.1 cm³/mol. The summed E-state index contributed by atoms with van der Waals surface area (Å²) >= 11 is 9.24. The van der Waals surface area contributed by atoms with Crippen molar-refractivity contribution in [1.29, 1.82) is 0 Å². The number of carbonyl (C=O) groups excluding carboxylic acids is 1. The second-order valence-electron chi connectivity index (χ2n) is 4.74. The van der Waals surface area contributed by atoms with Crippen molar-refractivity contribution in [3.8, 4) is 0 Å². The third-order valence-corrected chi connectivity index (χ3v) is 4.71. The van der Waals surface area contributed by atoms with Crippen molar-refractivity contribution >= 4 is 45.2 Å². The van der Waals surface area contributed by atoms with Crippen LogP contribution in [0.15, 0.2) is 22.7 Å². The Kier molecular flexibility index (Phi) is 4.88. The molecule has 20 heavy (non-hydrogen) atoms. The molecule has 1 aliphatic rings. The summed E-state index contributed by atoms with van der Waals surface area (Å²) < 4.78 is 0.617. The number of carbonyl (C=O) groups is 2. The molecule has 3 N–H and O–H groups in total. The summed E-state index contributed by atoms with van der Waals surface area (Å²) in [5.74, 6) is -1.16. The molecule has 0 aliphatic heterocycles. The highest BCUT2D eigenvalue weighted by Gasteiger charge is 2.30. The van der Waals surface area contributed by atoms with Gasteiger partial charge in [-0.05, 0) is 47.3 Å². The summed E-state index contributed by atoms with van der Waals surface area (Å²) in [5, 5.41) is 14.9. The van der Waals surface area contributed by atoms with Gasteiger partial charge in [-0.25, -0.2) is 4.79 Å². The topological polar surface area (TPSA) is 78.4 Å². The van der Waals surface area contributed by atoms with Crippen molar-refractivity contribution < 1.29 is 14.7 Å². The van der Waals surface area contributed by atoms with Crippen molar-refractivity contribution in [2.45, 2.75) is 25.3 Å². The number of nitrogens with one attached hydrogen (secondary N) is 2. The second kappa shape index (κ2) is 6.45. The number of carboxylic acid groups (broad SMARTS) is 1. The summed E-state index contributed by atoms with van der Waals surface area (Å²) in [5.41, 5.74) is 0.572. The first-order valence-corrected chi connectivity index (χ1v) is 7.39. The number of amides is 2. The number of benzene rings is 1. The molecule has 1 aromatic carbocycles. The minimum atomic E-state index is -0.799. The normalized spacial score (nSPS) is 21.5. The molecule has 2 unspecified atom stereocenters. The van der Waals surface area contributed by atoms with Crippen molar-refractivity contribution in [3.05, 3.63) is 27.7 Å². The Labute approximate surface area is 129 Å². The van der Waals surface area contributed by atoms with Gasteiger partial charge in [0.05, 0.1) is 21.1 Å². The smallest absolute Gasteiger partial charge is 0.319 e. The molecule has 0 heterocycles. The van der Waals surface area contributed by atoms with Gasteiger partial charge in [0.15, 0.2) is 0 Å². The van der Waals surface area contributed by atoms with E-state index in [2.05, 4.69) is 26.6 Å². The molecule has 108 valence electrons. The molecular formula is C13H14BrClN2O3. The summed E-state index contributed by atoms with van der Waals surface area (Å²) in [6.07, 6.45) is 1.75. The summed E-state index contributed by atoms with van der Waals surface area (Å²) in [6.45, 7) is 0. The Morgan fingerprint density at radius 1 is 1.35 bits per heavy atom. The Bertz CT molecular complexity index is 538. The first-order valence-electron chi connectivity index (χ1n) is 6.21. The van der Waals surface area contributed by atoms with Crippen LogP contribution in [0.3, 0.4) is 0 Å². The minimum Gasteiger partial charge on any atom is -0.481 e. The van der Waals surface area contributed by atoms with E-state index < -0.39 is 5.97 Å². The van der Waals surface area contributed by atoms with Crippen LogP contribution in [0.25, 0.3) is 0 Å². The molecule has 5 nitrogen and oxygen atoms in total. The molecule has 0 spiro atoms. The molecule has 2 rings (SSSR count). The molecule has 1 aromatic rings. The molecule has 0 radical (unpaired) electrons. The Hall–Kier alpha value is -1.27. The molecule has 1 fully saturated rings. The van der Waals surface area contributed by atoms with Crippen molar-refractivity contribution in [2.75, 3.05) is 5.32 Å². The molecule has 0 saturated heterocycles. The summed E-state index contributed by atoms with van der Waals surface area (Å²) in [6, 6.07) is 4.71. The number of hydrogen-bond donors (Lipinski definition) is 3. The van der Waals surface area contributed by atoms with Gasteiger partial charge in [0.25, 0.3) is 0 Å². The standard InChI is InChI=1S/C13H14BrClN2O3/c14-11-9(15)2-1-3-10(11)17-13(20)16-8-5-4-7(6-8)12(18)19/h1-3,7-8H,4-6H2,(H,18,19)(H2,16,17,20). The van der Waals surface area contributed by atoms with E-state index in [1.54, 1.807) is 18.2 Å². The zero-order valence-corrected chi connectivity index (χ0v) is 12.9. The number of anilines is 1. The second-order valence-corrected chi connectivity index (χ2v) is 5.95. The van der Waals surface area contributed by atoms with Crippen LogP contribution in [0.4, 0.5) is 10.5 Å². The lowest BCUT2D eigenvalue weighted by molar-refractivity contribution is -0.141. The van der Waals surface area contributed by atoms with Crippen molar-refractivity contribution in [1.82, 2.24) is 5.32 Å². The average molecular weight is 362 g/mol. The third-order valence-electron chi connectivity index (χ3n) is 3.32. The molecule has 0 bridgehead atoms. The quantitative estimate of drug-likeness (QED) is 0.771. The zero-order valence-electron chi connectivity index (χ0n) is 10.5. The van der Waals surface area contributed by atoms with E-state index >= 15 is 0 Å². The van der Waals surface area contributed by atoms with Gasteiger partial charge < -0.3 is 15.7 Å². The van der Waals surface area contributed by atoms with Gasteiger partial charge in [-0.2, -0.15) is 0 Å². The fourth-order valence-corrected chi connectivity index (χ4v) is 2.82. The third kappa shape index (κ3) is 3.64. The lowest BCUT2D eigenvalue weighted by Gasteiger charge is -2.14. The van der Waals surface area contributed by atoms with Gasteiger partial charge in [-0.15, -0.1) is 0 Å². The number of halogens is 2. The molecule has 1 aliphatic carbocycles. The highest BCUT2D eigenvalue weighted by atomic mass is 79.9. The number of aliphatic carboxylic acids is 1. The highest BCUT2D eigenvalue weighted by Crippen LogP contribution is 2.30. The van der Waals surface area contributed by atoms with E-state index in [1.165, 1.54) is 0 Å². The molecule has 1 saturated carbocycles. The Balaban J connectivity index is 1.90. The zero-order chi connectivity index (χ0) is 14.7. The highest BCUT2D eigenvalue weighted by molar-refractivity contribution is 9.10. The first kappa shape index (κ1) is 15.1. The van der Waals surface area contributed by atoms with E-state index in [0.29, 0.717) is 34.4 Å². The number of hydrogen-bond acceptors (Lipinski definition) is 2. The minimum absolute atomic E-state index is 0.103. The van der Waals surface area contributed by atoms with Crippen molar-refractivity contribution in [2.24, 2.45) is 5.92 Å². The lowest BCUT2D eigenvalue weighted by Crippen LogP contribution is -2.36. The van der Waals surface area contributed by atoms with Crippen LogP contribution in [-0.4, -0.2) is 23.1 Å². The maximum Gasteiger partial charge on any atom is 0.319 e. The van der Waals surface area contributed by atoms with Crippen LogP contribution in [0.1, 0.15) is 19.3 Å². The van der Waals surface area contributed by atoms with Gasteiger partial charge in [0.2, 0.25) is 0 Å². The largest absolute Gasteiger partial charge is 0.481 e. The Morgan fingerprint density at radius 2 is 2.10 bits per heavy atom. The summed E-state index contributed by atoms with van der Waals surface area (Å²) in [4.78, 5) is 22.7. The van der Waals surface area contributed by atoms with Gasteiger partial charge in [-0.1, -0.05) is 17.7 Å². The van der Waals surface area contributed by atoms with E-state index in [0.717, 1.165) is 0 Å². The van der Waals surface area contributed by atoms with Crippen LogP contribution in [0.5, 0.6) is 0 Å². The van der Waals surface area contributed by atoms with E-state index in [-0.39, 0.29) is 18.0 Å². The number of urea groups is 1. The maximum absolute atomic E-state index is 11.9. The van der Waals surface area contributed by atoms with E-state index in [4.69, 9.17) is 16.7 Å². The fourth-order valence-electron chi connectivity index (χ4n) is 2.28. The van der Waals surface area contributed by atoms with E-state index in [9.17, 15) is 9.59 Å². The monoisotopic (exact) mass is 360 g/mol. The molecular weight excluding hydrogens is 348 g/mol. The van der Waals surface area contributed by atoms with Gasteiger partial charge in [0.1, 0.15) is 0 Å². The van der Waals surface area contributed by atoms with Gasteiger partial charge in [-0.3, -0.25) is 4.79 Å². The van der Waals surface area contributed by atoms with Crippen molar-refractivity contribution in [3.63, 3.8) is 0 Å². The fraction of sp³-hybridized carbons (Fsp3) is 0.385. The predicted octanol–water partition coefficient (Wildman–Crippen LogP) is 3.48. The van der Waals surface area contributed by atoms with Crippen LogP contribution in [0.2, 0.25) is 5.02 Å². The first-order chi connectivity index (χ1) is 9.47. The number of carboxylic acids is 1. The summed E-state index contributed by atoms with van der Waals surface area (Å²) in [7, 11) is 0. The van der Waals surface area contributed by atoms with Crippen LogP contribution in [-0.2, 0) is 4.79 Å². The number of rotatable bonds is 3. The maximum atomic E-state index is 11.9. The van der Waals surface area contributed by atoms with E-state index in [1.807, 2.05) is 0 Å². The Morgan fingerprint density at radius 3 is 2.75 bits per heavy atom. The molecule has 2 amide bonds. The molecule has 0 aromatic heterocycles. The average Bonchev–Trinajstić information content (AvgIpc) is 2.83. The SMILES string of the molecule is O=C(Nc1cccc(Cl)c1Br)NC1CCC(C(=O)O)C1. The lowest BCUT2D eigenvalue weighted by atomic mass is 10.1.